The van der Waals surface area contributed by atoms with E-state index in [1.165, 1.54) is 9.87 Å². The van der Waals surface area contributed by atoms with Crippen molar-refractivity contribution >= 4 is 15.7 Å². The van der Waals surface area contributed by atoms with Gasteiger partial charge >= 0.3 is 0 Å². The van der Waals surface area contributed by atoms with Gasteiger partial charge in [0.15, 0.2) is 0 Å². The van der Waals surface area contributed by atoms with Crippen molar-refractivity contribution in [2.24, 2.45) is 0 Å². The predicted octanol–water partition coefficient (Wildman–Crippen LogP) is 2.77. The van der Waals surface area contributed by atoms with Gasteiger partial charge in [0.2, 0.25) is 10.0 Å². The first kappa shape index (κ1) is 18.9. The highest BCUT2D eigenvalue weighted by atomic mass is 32.2. The SMILES string of the molecule is CCCCc1ccc(S(=O)(=O)N2CC(NCc3ccccc3)C2)c(N)c1. The highest BCUT2D eigenvalue weighted by molar-refractivity contribution is 7.89. The van der Waals surface area contributed by atoms with Gasteiger partial charge in [0.25, 0.3) is 0 Å². The molecule has 0 aromatic heterocycles. The predicted molar refractivity (Wildman–Crippen MR) is 105 cm³/mol. The van der Waals surface area contributed by atoms with Crippen molar-refractivity contribution < 1.29 is 8.42 Å². The third-order valence-electron chi connectivity index (χ3n) is 4.80. The summed E-state index contributed by atoms with van der Waals surface area (Å²) in [6.07, 6.45) is 3.10. The molecule has 2 aromatic carbocycles. The smallest absolute Gasteiger partial charge is 0.245 e. The van der Waals surface area contributed by atoms with Crippen LogP contribution in [0.3, 0.4) is 0 Å². The molecule has 0 unspecified atom stereocenters. The molecule has 1 saturated heterocycles. The number of sulfonamides is 1. The number of nitrogen functional groups attached to an aromatic ring is 1. The topological polar surface area (TPSA) is 75.4 Å². The molecule has 1 fully saturated rings. The van der Waals surface area contributed by atoms with Gasteiger partial charge in [-0.3, -0.25) is 0 Å². The van der Waals surface area contributed by atoms with Crippen LogP contribution < -0.4 is 11.1 Å². The van der Waals surface area contributed by atoms with Crippen molar-refractivity contribution in [3.8, 4) is 0 Å². The number of rotatable bonds is 8. The summed E-state index contributed by atoms with van der Waals surface area (Å²) in [5, 5.41) is 3.40. The van der Waals surface area contributed by atoms with Crippen LogP contribution >= 0.6 is 0 Å². The van der Waals surface area contributed by atoms with E-state index in [9.17, 15) is 8.42 Å². The normalized spacial score (nSPS) is 15.7. The Hall–Kier alpha value is -1.89. The Morgan fingerprint density at radius 3 is 2.50 bits per heavy atom. The lowest BCUT2D eigenvalue weighted by atomic mass is 10.1. The molecule has 0 atom stereocenters. The fourth-order valence-electron chi connectivity index (χ4n) is 3.13. The lowest BCUT2D eigenvalue weighted by Crippen LogP contribution is -2.59. The number of hydrogen-bond acceptors (Lipinski definition) is 4. The van der Waals surface area contributed by atoms with Crippen molar-refractivity contribution in [2.75, 3.05) is 18.8 Å². The van der Waals surface area contributed by atoms with Crippen molar-refractivity contribution in [3.05, 3.63) is 59.7 Å². The van der Waals surface area contributed by atoms with Gasteiger partial charge < -0.3 is 11.1 Å². The monoisotopic (exact) mass is 373 g/mol. The molecular formula is C20H27N3O2S. The van der Waals surface area contributed by atoms with E-state index in [0.717, 1.165) is 31.4 Å². The lowest BCUT2D eigenvalue weighted by Gasteiger charge is -2.38. The average Bonchev–Trinajstić information content (AvgIpc) is 2.59. The zero-order valence-corrected chi connectivity index (χ0v) is 16.0. The van der Waals surface area contributed by atoms with E-state index in [1.807, 2.05) is 24.3 Å². The number of hydrogen-bond donors (Lipinski definition) is 2. The van der Waals surface area contributed by atoms with Gasteiger partial charge in [-0.15, -0.1) is 0 Å². The Bertz CT molecular complexity index is 831. The third kappa shape index (κ3) is 4.26. The van der Waals surface area contributed by atoms with E-state index in [1.54, 1.807) is 12.1 Å². The minimum Gasteiger partial charge on any atom is -0.398 e. The number of aryl methyl sites for hydroxylation is 1. The first-order valence-corrected chi connectivity index (χ1v) is 10.6. The van der Waals surface area contributed by atoms with Gasteiger partial charge in [0.05, 0.1) is 5.69 Å². The zero-order valence-electron chi connectivity index (χ0n) is 15.2. The molecule has 26 heavy (non-hydrogen) atoms. The van der Waals surface area contributed by atoms with E-state index in [2.05, 4.69) is 24.4 Å². The molecule has 3 N–H and O–H groups in total. The molecule has 3 rings (SSSR count). The summed E-state index contributed by atoms with van der Waals surface area (Å²) in [6.45, 7) is 3.83. The minimum atomic E-state index is -3.52. The van der Waals surface area contributed by atoms with Crippen molar-refractivity contribution in [1.82, 2.24) is 9.62 Å². The van der Waals surface area contributed by atoms with Crippen molar-refractivity contribution in [2.45, 2.75) is 43.7 Å². The van der Waals surface area contributed by atoms with Crippen molar-refractivity contribution in [3.63, 3.8) is 0 Å². The largest absolute Gasteiger partial charge is 0.398 e. The molecule has 0 amide bonds. The van der Waals surface area contributed by atoms with Crippen LogP contribution in [0.15, 0.2) is 53.4 Å². The van der Waals surface area contributed by atoms with E-state index >= 15 is 0 Å². The standard InChI is InChI=1S/C20H27N3O2S/c1-2-3-7-16-10-11-20(19(21)12-16)26(24,25)23-14-18(15-23)22-13-17-8-5-4-6-9-17/h4-6,8-12,18,22H,2-3,7,13-15,21H2,1H3. The third-order valence-corrected chi connectivity index (χ3v) is 6.70. The molecule has 140 valence electrons. The molecule has 0 aliphatic carbocycles. The number of nitrogens with one attached hydrogen (secondary N) is 1. The molecule has 2 aromatic rings. The maximum Gasteiger partial charge on any atom is 0.245 e. The summed E-state index contributed by atoms with van der Waals surface area (Å²) in [4.78, 5) is 0.222. The Labute approximate surface area is 156 Å². The number of anilines is 1. The molecular weight excluding hydrogens is 346 g/mol. The van der Waals surface area contributed by atoms with Crippen LogP contribution in [0.5, 0.6) is 0 Å². The maximum absolute atomic E-state index is 12.8. The van der Waals surface area contributed by atoms with E-state index in [-0.39, 0.29) is 10.9 Å². The minimum absolute atomic E-state index is 0.176. The number of nitrogens with two attached hydrogens (primary N) is 1. The molecule has 5 nitrogen and oxygen atoms in total. The van der Waals surface area contributed by atoms with E-state index in [4.69, 9.17) is 5.73 Å². The van der Waals surface area contributed by atoms with Gasteiger partial charge in [-0.05, 0) is 36.1 Å². The average molecular weight is 374 g/mol. The molecule has 0 bridgehead atoms. The summed E-state index contributed by atoms with van der Waals surface area (Å²) in [7, 11) is -3.52. The Morgan fingerprint density at radius 2 is 1.85 bits per heavy atom. The second kappa shape index (κ2) is 8.20. The number of nitrogens with zero attached hydrogens (tertiary/aromatic N) is 1. The van der Waals surface area contributed by atoms with Crippen LogP contribution in [-0.4, -0.2) is 31.9 Å². The van der Waals surface area contributed by atoms with Gasteiger partial charge in [0.1, 0.15) is 4.90 Å². The molecule has 0 spiro atoms. The Balaban J connectivity index is 1.58. The van der Waals surface area contributed by atoms with Gasteiger partial charge in [-0.25, -0.2) is 8.42 Å². The van der Waals surface area contributed by atoms with Crippen LogP contribution in [0, 0.1) is 0 Å². The fraction of sp³-hybridized carbons (Fsp3) is 0.400. The van der Waals surface area contributed by atoms with E-state index in [0.29, 0.717) is 18.8 Å². The second-order valence-corrected chi connectivity index (χ2v) is 8.77. The maximum atomic E-state index is 12.8. The van der Waals surface area contributed by atoms with Crippen LogP contribution in [-0.2, 0) is 23.0 Å². The summed E-state index contributed by atoms with van der Waals surface area (Å²) in [6, 6.07) is 15.6. The Morgan fingerprint density at radius 1 is 1.12 bits per heavy atom. The van der Waals surface area contributed by atoms with Crippen LogP contribution in [0.25, 0.3) is 0 Å². The summed E-state index contributed by atoms with van der Waals surface area (Å²) < 4.78 is 27.1. The highest BCUT2D eigenvalue weighted by Gasteiger charge is 2.37. The summed E-state index contributed by atoms with van der Waals surface area (Å²) >= 11 is 0. The summed E-state index contributed by atoms with van der Waals surface area (Å²) in [5.74, 6) is 0. The summed E-state index contributed by atoms with van der Waals surface area (Å²) in [5.41, 5.74) is 8.68. The zero-order chi connectivity index (χ0) is 18.6. The van der Waals surface area contributed by atoms with E-state index < -0.39 is 10.0 Å². The van der Waals surface area contributed by atoms with Crippen molar-refractivity contribution in [1.29, 1.82) is 0 Å². The van der Waals surface area contributed by atoms with Crippen LogP contribution in [0.4, 0.5) is 5.69 Å². The molecule has 0 saturated carbocycles. The second-order valence-electron chi connectivity index (χ2n) is 6.86. The van der Waals surface area contributed by atoms with Crippen LogP contribution in [0.2, 0.25) is 0 Å². The van der Waals surface area contributed by atoms with Crippen LogP contribution in [0.1, 0.15) is 30.9 Å². The number of unbranched alkanes of at least 4 members (excludes halogenated alkanes) is 1. The fourth-order valence-corrected chi connectivity index (χ4v) is 4.76. The highest BCUT2D eigenvalue weighted by Crippen LogP contribution is 2.27. The Kier molecular flexibility index (Phi) is 5.96. The molecule has 1 aliphatic rings. The molecule has 0 radical (unpaired) electrons. The molecule has 1 aliphatic heterocycles. The van der Waals surface area contributed by atoms with Gasteiger partial charge in [0, 0.05) is 25.7 Å². The van der Waals surface area contributed by atoms with Gasteiger partial charge in [-0.1, -0.05) is 49.7 Å². The number of benzene rings is 2. The molecule has 6 heteroatoms. The first-order valence-electron chi connectivity index (χ1n) is 9.16. The van der Waals surface area contributed by atoms with Gasteiger partial charge in [-0.2, -0.15) is 4.31 Å². The quantitative estimate of drug-likeness (QED) is 0.698. The lowest BCUT2D eigenvalue weighted by molar-refractivity contribution is 0.226. The first-order chi connectivity index (χ1) is 12.5. The molecule has 1 heterocycles.